The highest BCUT2D eigenvalue weighted by atomic mass is 32.1. The van der Waals surface area contributed by atoms with Gasteiger partial charge in [0.1, 0.15) is 6.79 Å². The van der Waals surface area contributed by atoms with Crippen molar-refractivity contribution in [3.8, 4) is 10.4 Å². The van der Waals surface area contributed by atoms with Crippen molar-refractivity contribution in [1.29, 1.82) is 0 Å². The molecule has 2 aromatic carbocycles. The summed E-state index contributed by atoms with van der Waals surface area (Å²) in [5, 5.41) is 17.6. The van der Waals surface area contributed by atoms with E-state index in [-0.39, 0.29) is 35.3 Å². The van der Waals surface area contributed by atoms with Gasteiger partial charge in [0, 0.05) is 59.0 Å². The molecule has 0 saturated carbocycles. The molecule has 55 heavy (non-hydrogen) atoms. The van der Waals surface area contributed by atoms with Crippen LogP contribution in [0, 0.1) is 12.3 Å². The Labute approximate surface area is 333 Å². The molecule has 2 unspecified atom stereocenters. The second-order valence-electron chi connectivity index (χ2n) is 14.7. The summed E-state index contributed by atoms with van der Waals surface area (Å²) in [6.45, 7) is 13.3. The summed E-state index contributed by atoms with van der Waals surface area (Å²) in [5.41, 5.74) is 13.9. The maximum atomic E-state index is 11.6. The molecule has 4 rings (SSSR count). The summed E-state index contributed by atoms with van der Waals surface area (Å²) < 4.78 is 5.62. The first-order valence-corrected chi connectivity index (χ1v) is 19.8. The first-order valence-electron chi connectivity index (χ1n) is 19.0. The molecule has 13 heteroatoms. The highest BCUT2D eigenvalue weighted by Gasteiger charge is 2.27. The van der Waals surface area contributed by atoms with Gasteiger partial charge in [-0.1, -0.05) is 69.3 Å². The summed E-state index contributed by atoms with van der Waals surface area (Å²) in [6.07, 6.45) is 5.51. The van der Waals surface area contributed by atoms with Crippen LogP contribution in [0.15, 0.2) is 54.0 Å². The molecule has 6 N–H and O–H groups in total. The topological polar surface area (TPSA) is 176 Å². The Morgan fingerprint density at radius 3 is 2.09 bits per heavy atom. The Hall–Kier alpha value is -4.01. The molecule has 1 aromatic heterocycles. The number of rotatable bonds is 16. The minimum absolute atomic E-state index is 0.00126. The van der Waals surface area contributed by atoms with Crippen LogP contribution in [0.3, 0.4) is 0 Å². The lowest BCUT2D eigenvalue weighted by Crippen LogP contribution is -2.32. The molecule has 1 aliphatic rings. The van der Waals surface area contributed by atoms with Crippen molar-refractivity contribution >= 4 is 35.8 Å². The van der Waals surface area contributed by atoms with Crippen molar-refractivity contribution in [2.24, 2.45) is 11.1 Å². The van der Waals surface area contributed by atoms with E-state index < -0.39 is 0 Å². The highest BCUT2D eigenvalue weighted by molar-refractivity contribution is 7.13. The van der Waals surface area contributed by atoms with Crippen LogP contribution in [-0.4, -0.2) is 92.5 Å². The normalized spacial score (nSPS) is 13.9. The van der Waals surface area contributed by atoms with E-state index in [1.165, 1.54) is 21.6 Å². The number of ether oxygens (including phenoxy) is 1. The Kier molecular flexibility index (Phi) is 24.6. The molecular weight excluding hydrogens is 717 g/mol. The summed E-state index contributed by atoms with van der Waals surface area (Å²) in [5.74, 6) is 0.270. The lowest BCUT2D eigenvalue weighted by molar-refractivity contribution is -0.132. The number of hydrogen-bond donors (Lipinski definition) is 5. The van der Waals surface area contributed by atoms with E-state index >= 15 is 0 Å². The molecule has 1 fully saturated rings. The zero-order chi connectivity index (χ0) is 41.2. The minimum atomic E-state index is -0.302. The van der Waals surface area contributed by atoms with Gasteiger partial charge in [-0.2, -0.15) is 0 Å². The van der Waals surface area contributed by atoms with E-state index in [0.29, 0.717) is 45.4 Å². The second-order valence-corrected chi connectivity index (χ2v) is 15.6. The van der Waals surface area contributed by atoms with Crippen LogP contribution in [0.5, 0.6) is 0 Å². The molecule has 3 amide bonds. The van der Waals surface area contributed by atoms with Crippen molar-refractivity contribution in [2.75, 3.05) is 40.8 Å². The van der Waals surface area contributed by atoms with Gasteiger partial charge >= 0.3 is 0 Å². The van der Waals surface area contributed by atoms with Crippen molar-refractivity contribution in [3.63, 3.8) is 0 Å². The van der Waals surface area contributed by atoms with E-state index in [2.05, 4.69) is 90.2 Å². The number of aryl methyl sites for hydroxylation is 2. The van der Waals surface area contributed by atoms with Crippen LogP contribution >= 0.6 is 11.3 Å². The smallest absolute Gasteiger partial charge is 0.223 e. The van der Waals surface area contributed by atoms with Crippen molar-refractivity contribution in [2.45, 2.75) is 104 Å². The number of nitrogens with zero attached hydrogens (tertiary/aromatic N) is 2. The number of β-amino-alcohol motifs (C(OH)–C–C–N with tert-alkyl or cyclic N) is 1. The van der Waals surface area contributed by atoms with Gasteiger partial charge in [0.2, 0.25) is 17.7 Å². The van der Waals surface area contributed by atoms with Gasteiger partial charge in [0.25, 0.3) is 0 Å². The molecule has 306 valence electrons. The van der Waals surface area contributed by atoms with E-state index in [1.807, 2.05) is 26.3 Å². The number of aliphatic hydroxyl groups is 1. The molecule has 3 aromatic rings. The Morgan fingerprint density at radius 2 is 1.56 bits per heavy atom. The van der Waals surface area contributed by atoms with Gasteiger partial charge in [0.15, 0.2) is 0 Å². The number of nitrogens with two attached hydrogens (primary N) is 1. The predicted octanol–water partition coefficient (Wildman–Crippen LogP) is 5.18. The van der Waals surface area contributed by atoms with E-state index in [0.717, 1.165) is 50.0 Å². The Balaban J connectivity index is 0.000000429. The Bertz CT molecular complexity index is 1510. The van der Waals surface area contributed by atoms with E-state index in [9.17, 15) is 19.5 Å². The van der Waals surface area contributed by atoms with E-state index in [4.69, 9.17) is 15.3 Å². The lowest BCUT2D eigenvalue weighted by Gasteiger charge is -2.22. The number of aliphatic hydroxyl groups excluding tert-OH is 1. The number of amides is 3. The summed E-state index contributed by atoms with van der Waals surface area (Å²) >= 11 is 1.70. The molecular formula is C42H66N6O6S. The minimum Gasteiger partial charge on any atom is -0.391 e. The van der Waals surface area contributed by atoms with Crippen molar-refractivity contribution < 1.29 is 29.0 Å². The summed E-state index contributed by atoms with van der Waals surface area (Å²) in [6, 6.07) is 16.8. The van der Waals surface area contributed by atoms with Gasteiger partial charge in [-0.3, -0.25) is 14.4 Å². The van der Waals surface area contributed by atoms with Gasteiger partial charge in [0.05, 0.1) is 35.4 Å². The number of likely N-dealkylation sites (tertiary alicyclic amines) is 1. The number of unbranched alkanes of at least 4 members (excludes halogenated alkanes) is 1. The van der Waals surface area contributed by atoms with Gasteiger partial charge in [-0.15, -0.1) is 11.3 Å². The number of nitrogens with one attached hydrogen (secondary N) is 3. The van der Waals surface area contributed by atoms with Gasteiger partial charge < -0.3 is 41.2 Å². The third-order valence-corrected chi connectivity index (χ3v) is 9.56. The number of carbonyl (C=O) groups excluding carboxylic acids is 4. The molecule has 12 nitrogen and oxygen atoms in total. The third-order valence-electron chi connectivity index (χ3n) is 8.58. The fourth-order valence-electron chi connectivity index (χ4n) is 5.49. The second kappa shape index (κ2) is 27.6. The fourth-order valence-corrected chi connectivity index (χ4v) is 6.30. The van der Waals surface area contributed by atoms with Crippen LogP contribution in [0.2, 0.25) is 0 Å². The fraction of sp³-hybridized carbons (Fsp3) is 0.548. The average molecular weight is 783 g/mol. The van der Waals surface area contributed by atoms with Crippen molar-refractivity contribution in [3.05, 3.63) is 76.4 Å². The van der Waals surface area contributed by atoms with Crippen LogP contribution in [0.1, 0.15) is 88.1 Å². The number of aromatic nitrogens is 1. The maximum absolute atomic E-state index is 11.6. The zero-order valence-corrected chi connectivity index (χ0v) is 34.9. The molecule has 0 radical (unpaired) electrons. The van der Waals surface area contributed by atoms with E-state index in [1.54, 1.807) is 30.3 Å². The number of thiazole rings is 1. The van der Waals surface area contributed by atoms with Crippen LogP contribution in [0.25, 0.3) is 10.4 Å². The highest BCUT2D eigenvalue weighted by Crippen LogP contribution is 2.27. The van der Waals surface area contributed by atoms with Gasteiger partial charge in [-0.05, 0) is 73.7 Å². The van der Waals surface area contributed by atoms with Crippen LogP contribution < -0.4 is 21.7 Å². The van der Waals surface area contributed by atoms with Crippen LogP contribution in [-0.2, 0) is 43.5 Å². The first-order chi connectivity index (χ1) is 26.2. The quantitative estimate of drug-likeness (QED) is 0.123. The van der Waals surface area contributed by atoms with Gasteiger partial charge in [-0.25, -0.2) is 4.98 Å². The number of carbonyl (C=O) groups is 4. The summed E-state index contributed by atoms with van der Waals surface area (Å²) in [7, 11) is 5.25. The lowest BCUT2D eigenvalue weighted by atomic mass is 9.92. The molecule has 0 aliphatic carbocycles. The SMILES string of the molecule is C=O.CC(C)(C)CC(=O)N1CCC(O)C1.CNC(=O)CCCCc1ccc(COCC(N)CCC(=O)NC)cc1.CNCc1ccc(-c2scnc2C)cc1. The average Bonchev–Trinajstić information content (AvgIpc) is 3.82. The predicted molar refractivity (Wildman–Crippen MR) is 222 cm³/mol. The summed E-state index contributed by atoms with van der Waals surface area (Å²) in [4.78, 5) is 49.2. The number of benzene rings is 2. The number of hydrogen-bond acceptors (Lipinski definition) is 10. The molecule has 0 bridgehead atoms. The largest absolute Gasteiger partial charge is 0.391 e. The van der Waals surface area contributed by atoms with Crippen LogP contribution in [0.4, 0.5) is 0 Å². The monoisotopic (exact) mass is 782 g/mol. The molecule has 2 atom stereocenters. The first kappa shape index (κ1) is 49.0. The zero-order valence-electron chi connectivity index (χ0n) is 34.1. The molecule has 1 saturated heterocycles. The molecule has 1 aliphatic heterocycles. The maximum Gasteiger partial charge on any atom is 0.223 e. The third kappa shape index (κ3) is 21.6. The van der Waals surface area contributed by atoms with Crippen molar-refractivity contribution in [1.82, 2.24) is 25.8 Å². The molecule has 0 spiro atoms. The standard InChI is InChI=1S/C19H31N3O3.C12H14N2S.C10H19NO2.CH2O/c1-21-18(23)6-4-3-5-15-7-9-16(10-8-15)13-25-14-17(20)11-12-19(24)22-2;1-9-12(15-8-14-9)11-5-3-10(4-6-11)7-13-2;1-10(2,3)6-9(13)11-5-4-8(12)7-11;1-2/h7-10,17H,3-6,11-14,20H2,1-2H3,(H,21,23)(H,22,24);3-6,8,13H,7H2,1-2H3;8,12H,4-7H2,1-3H3;1H2. The Morgan fingerprint density at radius 1 is 0.964 bits per heavy atom. The molecule has 2 heterocycles.